The molecule has 4 nitrogen and oxygen atoms in total. The van der Waals surface area contributed by atoms with Gasteiger partial charge in [-0.05, 0) is 24.0 Å². The molecule has 1 aromatic rings. The molecule has 1 heterocycles. The molecule has 2 N–H and O–H groups in total. The molecule has 0 aromatic heterocycles. The van der Waals surface area contributed by atoms with E-state index >= 15 is 0 Å². The number of hydrogen-bond donors (Lipinski definition) is 2. The van der Waals surface area contributed by atoms with E-state index in [1.165, 1.54) is 11.1 Å². The smallest absolute Gasteiger partial charge is 0.322 e. The van der Waals surface area contributed by atoms with E-state index in [0.717, 1.165) is 25.9 Å². The fourth-order valence-electron chi connectivity index (χ4n) is 3.20. The number of fused-ring (bicyclic) bond motifs is 1. The van der Waals surface area contributed by atoms with Crippen LogP contribution in [0.15, 0.2) is 24.3 Å². The molecule has 3 rings (SSSR count). The Bertz CT molecular complexity index is 461. The van der Waals surface area contributed by atoms with Crippen molar-refractivity contribution in [2.75, 3.05) is 19.6 Å². The SMILES string of the molecule is O=C(O)C1CNCCN1C1CCc2ccccc21. The second-order valence-corrected chi connectivity index (χ2v) is 5.05. The summed E-state index contributed by atoms with van der Waals surface area (Å²) < 4.78 is 0. The third kappa shape index (κ3) is 1.91. The van der Waals surface area contributed by atoms with E-state index in [0.29, 0.717) is 6.54 Å². The van der Waals surface area contributed by atoms with Crippen LogP contribution in [-0.4, -0.2) is 41.7 Å². The lowest BCUT2D eigenvalue weighted by Crippen LogP contribution is -2.55. The molecule has 0 spiro atoms. The molecule has 0 amide bonds. The number of nitrogens with one attached hydrogen (secondary N) is 1. The van der Waals surface area contributed by atoms with E-state index in [2.05, 4.69) is 34.5 Å². The minimum atomic E-state index is -0.716. The Kier molecular flexibility index (Phi) is 3.06. The summed E-state index contributed by atoms with van der Waals surface area (Å²) in [5.41, 5.74) is 2.70. The van der Waals surface area contributed by atoms with E-state index in [1.54, 1.807) is 0 Å². The lowest BCUT2D eigenvalue weighted by atomic mass is 10.0. The highest BCUT2D eigenvalue weighted by molar-refractivity contribution is 5.74. The lowest BCUT2D eigenvalue weighted by molar-refractivity contribution is -0.145. The zero-order valence-electron chi connectivity index (χ0n) is 10.3. The average molecular weight is 246 g/mol. The monoisotopic (exact) mass is 246 g/mol. The number of aliphatic carboxylic acids is 1. The Balaban J connectivity index is 1.88. The summed E-state index contributed by atoms with van der Waals surface area (Å²) in [5, 5.41) is 12.5. The maximum atomic E-state index is 11.4. The van der Waals surface area contributed by atoms with Gasteiger partial charge >= 0.3 is 5.97 Å². The largest absolute Gasteiger partial charge is 0.480 e. The van der Waals surface area contributed by atoms with Gasteiger partial charge in [0, 0.05) is 25.7 Å². The second kappa shape index (κ2) is 4.71. The van der Waals surface area contributed by atoms with Crippen molar-refractivity contribution < 1.29 is 9.90 Å². The summed E-state index contributed by atoms with van der Waals surface area (Å²) >= 11 is 0. The van der Waals surface area contributed by atoms with Gasteiger partial charge in [0.2, 0.25) is 0 Å². The number of carboxylic acids is 1. The topological polar surface area (TPSA) is 52.6 Å². The molecule has 0 radical (unpaired) electrons. The van der Waals surface area contributed by atoms with Crippen molar-refractivity contribution in [1.82, 2.24) is 10.2 Å². The summed E-state index contributed by atoms with van der Waals surface area (Å²) in [6.07, 6.45) is 2.11. The predicted molar refractivity (Wildman–Crippen MR) is 68.5 cm³/mol. The molecule has 0 saturated carbocycles. The first-order valence-corrected chi connectivity index (χ1v) is 6.54. The molecule has 1 fully saturated rings. The number of aryl methyl sites for hydroxylation is 1. The molecule has 96 valence electrons. The van der Waals surface area contributed by atoms with Crippen LogP contribution in [-0.2, 0) is 11.2 Å². The first kappa shape index (κ1) is 11.7. The quantitative estimate of drug-likeness (QED) is 0.818. The number of carbonyl (C=O) groups is 1. The van der Waals surface area contributed by atoms with Gasteiger partial charge in [-0.2, -0.15) is 0 Å². The first-order valence-electron chi connectivity index (χ1n) is 6.54. The number of carboxylic acid groups (broad SMARTS) is 1. The highest BCUT2D eigenvalue weighted by Crippen LogP contribution is 2.36. The molecule has 2 unspecified atom stereocenters. The van der Waals surface area contributed by atoms with Crippen LogP contribution < -0.4 is 5.32 Å². The molecule has 0 bridgehead atoms. The number of hydrogen-bond acceptors (Lipinski definition) is 3. The van der Waals surface area contributed by atoms with Crippen molar-refractivity contribution in [1.29, 1.82) is 0 Å². The van der Waals surface area contributed by atoms with Crippen molar-refractivity contribution >= 4 is 5.97 Å². The molecule has 2 atom stereocenters. The second-order valence-electron chi connectivity index (χ2n) is 5.05. The fraction of sp³-hybridized carbons (Fsp3) is 0.500. The van der Waals surface area contributed by atoms with Gasteiger partial charge < -0.3 is 10.4 Å². The summed E-state index contributed by atoms with van der Waals surface area (Å²) in [6.45, 7) is 2.24. The van der Waals surface area contributed by atoms with Crippen LogP contribution in [0.2, 0.25) is 0 Å². The van der Waals surface area contributed by atoms with Crippen LogP contribution in [0.1, 0.15) is 23.6 Å². The number of benzene rings is 1. The van der Waals surface area contributed by atoms with Gasteiger partial charge in [-0.15, -0.1) is 0 Å². The van der Waals surface area contributed by atoms with E-state index < -0.39 is 12.0 Å². The maximum absolute atomic E-state index is 11.4. The van der Waals surface area contributed by atoms with Crippen LogP contribution in [0.5, 0.6) is 0 Å². The average Bonchev–Trinajstić information content (AvgIpc) is 2.82. The van der Waals surface area contributed by atoms with E-state index in [4.69, 9.17) is 0 Å². The highest BCUT2D eigenvalue weighted by atomic mass is 16.4. The third-order valence-corrected chi connectivity index (χ3v) is 4.07. The van der Waals surface area contributed by atoms with E-state index in [1.807, 2.05) is 0 Å². The standard InChI is InChI=1S/C14H18N2O2/c17-14(18)13-9-15-7-8-16(13)12-6-5-10-3-1-2-4-11(10)12/h1-4,12-13,15H,5-9H2,(H,17,18). The number of rotatable bonds is 2. The van der Waals surface area contributed by atoms with Crippen LogP contribution in [0.25, 0.3) is 0 Å². The van der Waals surface area contributed by atoms with Gasteiger partial charge in [-0.1, -0.05) is 24.3 Å². The lowest BCUT2D eigenvalue weighted by Gasteiger charge is -2.38. The molecule has 1 aliphatic carbocycles. The Labute approximate surface area is 107 Å². The Hall–Kier alpha value is -1.39. The van der Waals surface area contributed by atoms with Crippen LogP contribution in [0, 0.1) is 0 Å². The molecule has 2 aliphatic rings. The van der Waals surface area contributed by atoms with Crippen molar-refractivity contribution in [2.24, 2.45) is 0 Å². The minimum absolute atomic E-state index is 0.282. The molecule has 18 heavy (non-hydrogen) atoms. The van der Waals surface area contributed by atoms with Crippen molar-refractivity contribution in [3.63, 3.8) is 0 Å². The summed E-state index contributed by atoms with van der Waals surface area (Å²) in [7, 11) is 0. The zero-order chi connectivity index (χ0) is 12.5. The number of nitrogens with zero attached hydrogens (tertiary/aromatic N) is 1. The van der Waals surface area contributed by atoms with Gasteiger partial charge in [0.1, 0.15) is 6.04 Å². The highest BCUT2D eigenvalue weighted by Gasteiger charge is 2.36. The Morgan fingerprint density at radius 1 is 1.39 bits per heavy atom. The molecule has 1 saturated heterocycles. The van der Waals surface area contributed by atoms with Gasteiger partial charge in [-0.3, -0.25) is 9.69 Å². The van der Waals surface area contributed by atoms with Crippen molar-refractivity contribution in [2.45, 2.75) is 24.9 Å². The zero-order valence-corrected chi connectivity index (χ0v) is 10.3. The summed E-state index contributed by atoms with van der Waals surface area (Å²) in [6, 6.07) is 8.31. The molecule has 4 heteroatoms. The van der Waals surface area contributed by atoms with Gasteiger partial charge in [0.15, 0.2) is 0 Å². The summed E-state index contributed by atoms with van der Waals surface area (Å²) in [4.78, 5) is 13.5. The Morgan fingerprint density at radius 3 is 3.06 bits per heavy atom. The van der Waals surface area contributed by atoms with Crippen molar-refractivity contribution in [3.8, 4) is 0 Å². The molecule has 1 aromatic carbocycles. The first-order chi connectivity index (χ1) is 8.77. The molecule has 1 aliphatic heterocycles. The van der Waals surface area contributed by atoms with Gasteiger partial charge in [0.25, 0.3) is 0 Å². The predicted octanol–water partition coefficient (Wildman–Crippen LogP) is 1.03. The van der Waals surface area contributed by atoms with E-state index in [9.17, 15) is 9.90 Å². The van der Waals surface area contributed by atoms with Gasteiger partial charge in [0.05, 0.1) is 0 Å². The maximum Gasteiger partial charge on any atom is 0.322 e. The van der Waals surface area contributed by atoms with Crippen molar-refractivity contribution in [3.05, 3.63) is 35.4 Å². The van der Waals surface area contributed by atoms with Crippen LogP contribution >= 0.6 is 0 Å². The third-order valence-electron chi connectivity index (χ3n) is 4.07. The Morgan fingerprint density at radius 2 is 2.22 bits per heavy atom. The fourth-order valence-corrected chi connectivity index (χ4v) is 3.20. The normalized spacial score (nSPS) is 28.0. The molecular formula is C14H18N2O2. The molecular weight excluding hydrogens is 228 g/mol. The summed E-state index contributed by atoms with van der Waals surface area (Å²) in [5.74, 6) is -0.716. The van der Waals surface area contributed by atoms with Crippen LogP contribution in [0.3, 0.4) is 0 Å². The van der Waals surface area contributed by atoms with Crippen LogP contribution in [0.4, 0.5) is 0 Å². The van der Waals surface area contributed by atoms with Gasteiger partial charge in [-0.25, -0.2) is 0 Å². The number of piperazine rings is 1. The minimum Gasteiger partial charge on any atom is -0.480 e. The van der Waals surface area contributed by atoms with E-state index in [-0.39, 0.29) is 6.04 Å².